The summed E-state index contributed by atoms with van der Waals surface area (Å²) >= 11 is 1.44. The van der Waals surface area contributed by atoms with Gasteiger partial charge in [-0.15, -0.1) is 11.3 Å². The van der Waals surface area contributed by atoms with Crippen molar-refractivity contribution in [1.82, 2.24) is 4.90 Å². The van der Waals surface area contributed by atoms with Crippen LogP contribution in [0.4, 0.5) is 10.1 Å². The van der Waals surface area contributed by atoms with Crippen molar-refractivity contribution in [1.29, 1.82) is 0 Å². The maximum atomic E-state index is 13.2. The van der Waals surface area contributed by atoms with Crippen LogP contribution in [0.2, 0.25) is 0 Å². The number of hydrogen-bond acceptors (Lipinski definition) is 4. The molecule has 2 aromatic rings. The summed E-state index contributed by atoms with van der Waals surface area (Å²) in [6.07, 6.45) is 2.03. The van der Waals surface area contributed by atoms with Crippen LogP contribution in [0, 0.1) is 5.82 Å². The second-order valence-electron chi connectivity index (χ2n) is 5.82. The fourth-order valence-electron chi connectivity index (χ4n) is 3.22. The van der Waals surface area contributed by atoms with E-state index in [0.717, 1.165) is 35.7 Å². The van der Waals surface area contributed by atoms with Crippen molar-refractivity contribution in [3.63, 3.8) is 0 Å². The van der Waals surface area contributed by atoms with Gasteiger partial charge in [0.25, 0.3) is 11.8 Å². The number of anilines is 1. The van der Waals surface area contributed by atoms with Gasteiger partial charge >= 0.3 is 0 Å². The quantitative estimate of drug-likeness (QED) is 0.804. The molecular weight excluding hydrogens is 327 g/mol. The monoisotopic (exact) mass is 342 g/mol. The Balaban J connectivity index is 1.81. The van der Waals surface area contributed by atoms with Crippen molar-refractivity contribution < 1.29 is 14.0 Å². The number of halogens is 1. The highest BCUT2D eigenvalue weighted by Crippen LogP contribution is 2.37. The Bertz CT molecular complexity index is 821. The number of hydrogen-bond donors (Lipinski definition) is 0. The van der Waals surface area contributed by atoms with Gasteiger partial charge < -0.3 is 4.90 Å². The summed E-state index contributed by atoms with van der Waals surface area (Å²) in [5.41, 5.74) is 1.33. The second-order valence-corrected chi connectivity index (χ2v) is 6.76. The third-order valence-corrected chi connectivity index (χ3v) is 5.22. The molecule has 1 saturated heterocycles. The second kappa shape index (κ2) is 5.87. The standard InChI is InChI=1S/C18H15FN2O2S/c19-12-5-7-13(8-6-12)21-17(22)15(14-4-3-11-24-14)16(18(21)23)20-9-1-2-10-20/h3-8,11H,1-2,9-10H2. The molecule has 1 aromatic carbocycles. The Morgan fingerprint density at radius 2 is 1.67 bits per heavy atom. The molecule has 2 amide bonds. The fourth-order valence-corrected chi connectivity index (χ4v) is 3.98. The van der Waals surface area contributed by atoms with Crippen LogP contribution in [0.3, 0.4) is 0 Å². The zero-order chi connectivity index (χ0) is 16.7. The minimum Gasteiger partial charge on any atom is -0.366 e. The lowest BCUT2D eigenvalue weighted by atomic mass is 10.2. The number of carbonyl (C=O) groups is 2. The molecule has 0 bridgehead atoms. The first kappa shape index (κ1) is 15.1. The van der Waals surface area contributed by atoms with Gasteiger partial charge in [-0.2, -0.15) is 0 Å². The van der Waals surface area contributed by atoms with Crippen LogP contribution in [0.25, 0.3) is 5.57 Å². The Morgan fingerprint density at radius 3 is 2.29 bits per heavy atom. The van der Waals surface area contributed by atoms with Crippen molar-refractivity contribution in [2.45, 2.75) is 12.8 Å². The number of likely N-dealkylation sites (tertiary alicyclic amines) is 1. The minimum absolute atomic E-state index is 0.322. The van der Waals surface area contributed by atoms with E-state index < -0.39 is 5.82 Å². The summed E-state index contributed by atoms with van der Waals surface area (Å²) in [5, 5.41) is 1.89. The molecule has 2 aliphatic heterocycles. The Morgan fingerprint density at radius 1 is 0.958 bits per heavy atom. The molecule has 2 aliphatic rings. The highest BCUT2D eigenvalue weighted by molar-refractivity contribution is 7.11. The molecule has 0 N–H and O–H groups in total. The van der Waals surface area contributed by atoms with Crippen molar-refractivity contribution in [3.05, 3.63) is 58.2 Å². The van der Waals surface area contributed by atoms with E-state index in [0.29, 0.717) is 17.0 Å². The highest BCUT2D eigenvalue weighted by atomic mass is 32.1. The number of amides is 2. The molecule has 0 radical (unpaired) electrons. The van der Waals surface area contributed by atoms with Crippen LogP contribution in [-0.2, 0) is 9.59 Å². The van der Waals surface area contributed by atoms with Crippen molar-refractivity contribution in [2.24, 2.45) is 0 Å². The predicted molar refractivity (Wildman–Crippen MR) is 90.9 cm³/mol. The summed E-state index contributed by atoms with van der Waals surface area (Å²) in [7, 11) is 0. The van der Waals surface area contributed by atoms with Gasteiger partial charge in [0, 0.05) is 18.0 Å². The third kappa shape index (κ3) is 2.34. The first-order valence-corrected chi connectivity index (χ1v) is 8.72. The normalized spacial score (nSPS) is 18.2. The molecule has 122 valence electrons. The topological polar surface area (TPSA) is 40.6 Å². The van der Waals surface area contributed by atoms with Crippen LogP contribution in [-0.4, -0.2) is 29.8 Å². The van der Waals surface area contributed by atoms with Gasteiger partial charge in [0.2, 0.25) is 0 Å². The number of benzene rings is 1. The van der Waals surface area contributed by atoms with Crippen molar-refractivity contribution in [2.75, 3.05) is 18.0 Å². The third-order valence-electron chi connectivity index (χ3n) is 4.33. The molecule has 6 heteroatoms. The number of nitrogens with zero attached hydrogens (tertiary/aromatic N) is 2. The minimum atomic E-state index is -0.399. The molecule has 24 heavy (non-hydrogen) atoms. The summed E-state index contributed by atoms with van der Waals surface area (Å²) in [6.45, 7) is 1.56. The van der Waals surface area contributed by atoms with Crippen LogP contribution in [0.5, 0.6) is 0 Å². The van der Waals surface area contributed by atoms with Crippen LogP contribution in [0.1, 0.15) is 17.7 Å². The zero-order valence-electron chi connectivity index (χ0n) is 12.9. The highest BCUT2D eigenvalue weighted by Gasteiger charge is 2.43. The summed E-state index contributed by atoms with van der Waals surface area (Å²) in [6, 6.07) is 9.17. The molecule has 3 heterocycles. The molecule has 0 spiro atoms. The number of imide groups is 1. The van der Waals surface area contributed by atoms with Crippen LogP contribution in [0.15, 0.2) is 47.5 Å². The fraction of sp³-hybridized carbons (Fsp3) is 0.222. The molecule has 0 unspecified atom stereocenters. The maximum absolute atomic E-state index is 13.2. The van der Waals surface area contributed by atoms with E-state index in [4.69, 9.17) is 0 Å². The molecule has 1 fully saturated rings. The molecule has 1 aromatic heterocycles. The molecule has 0 aliphatic carbocycles. The first-order chi connectivity index (χ1) is 11.7. The Kier molecular flexibility index (Phi) is 3.69. The summed E-state index contributed by atoms with van der Waals surface area (Å²) in [5.74, 6) is -1.06. The lowest BCUT2D eigenvalue weighted by molar-refractivity contribution is -0.120. The van der Waals surface area contributed by atoms with Gasteiger partial charge in [0.15, 0.2) is 0 Å². The average Bonchev–Trinajstić information content (AvgIpc) is 3.30. The molecular formula is C18H15FN2O2S. The number of carbonyl (C=O) groups excluding carboxylic acids is 2. The van der Waals surface area contributed by atoms with E-state index in [-0.39, 0.29) is 11.8 Å². The zero-order valence-corrected chi connectivity index (χ0v) is 13.7. The smallest absolute Gasteiger partial charge is 0.282 e. The number of rotatable bonds is 3. The van der Waals surface area contributed by atoms with Crippen LogP contribution >= 0.6 is 11.3 Å². The van der Waals surface area contributed by atoms with Gasteiger partial charge in [-0.05, 0) is 48.6 Å². The first-order valence-electron chi connectivity index (χ1n) is 7.84. The van der Waals surface area contributed by atoms with Gasteiger partial charge in [-0.3, -0.25) is 9.59 Å². The predicted octanol–water partition coefficient (Wildman–Crippen LogP) is 3.27. The van der Waals surface area contributed by atoms with Crippen molar-refractivity contribution >= 4 is 34.4 Å². The van der Waals surface area contributed by atoms with Gasteiger partial charge in [0.05, 0.1) is 11.3 Å². The lowest BCUT2D eigenvalue weighted by Gasteiger charge is -2.20. The Labute approximate surface area is 142 Å². The molecule has 4 nitrogen and oxygen atoms in total. The average molecular weight is 342 g/mol. The largest absolute Gasteiger partial charge is 0.366 e. The molecule has 4 rings (SSSR count). The van der Waals surface area contributed by atoms with E-state index >= 15 is 0 Å². The molecule has 0 saturated carbocycles. The van der Waals surface area contributed by atoms with E-state index in [1.165, 1.54) is 35.6 Å². The number of thiophene rings is 1. The summed E-state index contributed by atoms with van der Waals surface area (Å²) in [4.78, 5) is 30.0. The maximum Gasteiger partial charge on any atom is 0.282 e. The van der Waals surface area contributed by atoms with Crippen molar-refractivity contribution in [3.8, 4) is 0 Å². The van der Waals surface area contributed by atoms with E-state index in [2.05, 4.69) is 0 Å². The van der Waals surface area contributed by atoms with Crippen LogP contribution < -0.4 is 4.90 Å². The van der Waals surface area contributed by atoms with Gasteiger partial charge in [-0.1, -0.05) is 6.07 Å². The van der Waals surface area contributed by atoms with Gasteiger partial charge in [-0.25, -0.2) is 9.29 Å². The summed E-state index contributed by atoms with van der Waals surface area (Å²) < 4.78 is 13.2. The lowest BCUT2D eigenvalue weighted by Crippen LogP contribution is -2.34. The molecule has 0 atom stereocenters. The van der Waals surface area contributed by atoms with E-state index in [1.54, 1.807) is 0 Å². The SMILES string of the molecule is O=C1C(c2cccs2)=C(N2CCCC2)C(=O)N1c1ccc(F)cc1. The van der Waals surface area contributed by atoms with Gasteiger partial charge in [0.1, 0.15) is 11.5 Å². The van der Waals surface area contributed by atoms with E-state index in [1.807, 2.05) is 22.4 Å². The Hall–Kier alpha value is -2.47. The van der Waals surface area contributed by atoms with E-state index in [9.17, 15) is 14.0 Å².